The molecule has 192 valence electrons. The molecule has 0 bridgehead atoms. The van der Waals surface area contributed by atoms with Gasteiger partial charge in [0.05, 0.1) is 6.33 Å². The van der Waals surface area contributed by atoms with Gasteiger partial charge in [-0.15, -0.1) is 0 Å². The summed E-state index contributed by atoms with van der Waals surface area (Å²) in [5.41, 5.74) is -2.02. The first-order valence-electron chi connectivity index (χ1n) is 11.0. The van der Waals surface area contributed by atoms with Gasteiger partial charge in [-0.3, -0.25) is 9.59 Å². The molecule has 0 amide bonds. The van der Waals surface area contributed by atoms with Crippen LogP contribution in [0.5, 0.6) is 0 Å². The van der Waals surface area contributed by atoms with Crippen LogP contribution in [0.25, 0.3) is 5.69 Å². The number of imidazole rings is 1. The third-order valence-corrected chi connectivity index (χ3v) is 6.57. The van der Waals surface area contributed by atoms with Gasteiger partial charge in [-0.25, -0.2) is 9.78 Å². The number of hydrogen-bond donors (Lipinski definition) is 6. The van der Waals surface area contributed by atoms with E-state index in [2.05, 4.69) is 4.98 Å². The maximum absolute atomic E-state index is 13.2. The predicted octanol–water partition coefficient (Wildman–Crippen LogP) is -0.521. The Kier molecular flexibility index (Phi) is 7.72. The fraction of sp³-hybridized carbons (Fsp3) is 0.360. The Balaban J connectivity index is 2.09. The molecular weight excluding hydrogens is 472 g/mol. The number of carboxylic acid groups (broad SMARTS) is 1. The number of ketones is 2. The normalized spacial score (nSPS) is 19.7. The highest BCUT2D eigenvalue weighted by molar-refractivity contribution is 6.25. The molecule has 0 saturated heterocycles. The van der Waals surface area contributed by atoms with Gasteiger partial charge in [0.15, 0.2) is 17.7 Å². The van der Waals surface area contributed by atoms with Crippen LogP contribution in [0.4, 0.5) is 0 Å². The lowest BCUT2D eigenvalue weighted by Gasteiger charge is -2.40. The van der Waals surface area contributed by atoms with E-state index in [-0.39, 0.29) is 16.7 Å². The van der Waals surface area contributed by atoms with Gasteiger partial charge in [-0.1, -0.05) is 12.1 Å². The van der Waals surface area contributed by atoms with Crippen LogP contribution in [0.3, 0.4) is 0 Å². The van der Waals surface area contributed by atoms with E-state index in [1.54, 1.807) is 47.6 Å². The smallest absolute Gasteiger partial charge is 0.335 e. The van der Waals surface area contributed by atoms with Gasteiger partial charge >= 0.3 is 5.97 Å². The van der Waals surface area contributed by atoms with Gasteiger partial charge in [0.1, 0.15) is 23.9 Å². The number of aliphatic hydroxyl groups excluding tert-OH is 4. The molecule has 0 spiro atoms. The van der Waals surface area contributed by atoms with Gasteiger partial charge in [0, 0.05) is 46.8 Å². The van der Waals surface area contributed by atoms with E-state index in [4.69, 9.17) is 5.11 Å². The first kappa shape index (κ1) is 27.1. The Morgan fingerprint density at radius 2 is 1.53 bits per heavy atom. The van der Waals surface area contributed by atoms with Crippen LogP contribution in [0, 0.1) is 0 Å². The largest absolute Gasteiger partial charge is 0.479 e. The molecule has 0 radical (unpaired) electrons. The third-order valence-electron chi connectivity index (χ3n) is 6.57. The van der Waals surface area contributed by atoms with Crippen molar-refractivity contribution in [3.63, 3.8) is 0 Å². The van der Waals surface area contributed by atoms with Crippen LogP contribution in [0.2, 0.25) is 0 Å². The molecular formula is C25H28N2O9. The van der Waals surface area contributed by atoms with Crippen LogP contribution in [-0.4, -0.2) is 87.7 Å². The van der Waals surface area contributed by atoms with E-state index < -0.39 is 59.5 Å². The quantitative estimate of drug-likeness (QED) is 0.244. The topological polar surface area (TPSA) is 190 Å². The Morgan fingerprint density at radius 3 is 2.06 bits per heavy atom. The summed E-state index contributed by atoms with van der Waals surface area (Å²) in [6, 6.07) is 6.52. The van der Waals surface area contributed by atoms with Crippen molar-refractivity contribution in [2.45, 2.75) is 57.2 Å². The van der Waals surface area contributed by atoms with Gasteiger partial charge in [0.2, 0.25) is 0 Å². The molecule has 1 aliphatic carbocycles. The number of aliphatic carboxylic acids is 1. The van der Waals surface area contributed by atoms with Gasteiger partial charge in [-0.05, 0) is 38.5 Å². The van der Waals surface area contributed by atoms with Crippen LogP contribution in [0.15, 0.2) is 65.3 Å². The molecule has 0 fully saturated rings. The molecule has 2 aromatic rings. The summed E-state index contributed by atoms with van der Waals surface area (Å²) in [5, 5.41) is 62.2. The second kappa shape index (κ2) is 10.2. The van der Waals surface area contributed by atoms with Crippen LogP contribution in [0.1, 0.15) is 26.3 Å². The van der Waals surface area contributed by atoms with Crippen molar-refractivity contribution in [1.29, 1.82) is 0 Å². The standard InChI is InChI=1S/C25H28N2O9/c1-12-13(2)19(29)17(14(3)18(12)28)25(36,23(33)21(31)20(30)22(32)24(34)35)10-15-4-6-16(7-5-15)27-9-8-26-11-27/h4-9,11,20-23,30-33,36H,10H2,1-3H3,(H,34,35). The number of carbonyl (C=O) groups excluding carboxylic acids is 2. The molecule has 0 saturated carbocycles. The van der Waals surface area contributed by atoms with E-state index in [1.807, 2.05) is 0 Å². The second-order valence-corrected chi connectivity index (χ2v) is 8.85. The lowest BCUT2D eigenvalue weighted by Crippen LogP contribution is -2.59. The van der Waals surface area contributed by atoms with E-state index in [9.17, 15) is 39.9 Å². The molecule has 36 heavy (non-hydrogen) atoms. The van der Waals surface area contributed by atoms with Gasteiger partial charge in [-0.2, -0.15) is 0 Å². The summed E-state index contributed by atoms with van der Waals surface area (Å²) in [4.78, 5) is 41.1. The number of aliphatic hydroxyl groups is 5. The number of allylic oxidation sites excluding steroid dienone is 3. The average molecular weight is 501 g/mol. The van der Waals surface area contributed by atoms with Crippen molar-refractivity contribution in [3.05, 3.63) is 70.8 Å². The van der Waals surface area contributed by atoms with Gasteiger partial charge < -0.3 is 35.2 Å². The van der Waals surface area contributed by atoms with Gasteiger partial charge in [0.25, 0.3) is 0 Å². The molecule has 11 heteroatoms. The summed E-state index contributed by atoms with van der Waals surface area (Å²) < 4.78 is 1.71. The Labute approximate surface area is 206 Å². The molecule has 6 N–H and O–H groups in total. The van der Waals surface area contributed by atoms with E-state index >= 15 is 0 Å². The zero-order valence-electron chi connectivity index (χ0n) is 19.9. The maximum Gasteiger partial charge on any atom is 0.335 e. The van der Waals surface area contributed by atoms with Crippen LogP contribution >= 0.6 is 0 Å². The molecule has 1 aromatic carbocycles. The minimum atomic E-state index is -2.64. The lowest BCUT2D eigenvalue weighted by atomic mass is 9.71. The maximum atomic E-state index is 13.2. The Morgan fingerprint density at radius 1 is 0.944 bits per heavy atom. The number of Topliss-reactive ketones (excluding diaryl/α,β-unsaturated/α-hetero) is 2. The highest BCUT2D eigenvalue weighted by atomic mass is 16.4. The molecule has 0 aliphatic heterocycles. The molecule has 1 heterocycles. The fourth-order valence-electron chi connectivity index (χ4n) is 4.27. The summed E-state index contributed by atoms with van der Waals surface area (Å²) in [6.07, 6.45) is -5.32. The molecule has 1 aromatic heterocycles. The zero-order valence-corrected chi connectivity index (χ0v) is 19.9. The van der Waals surface area contributed by atoms with Crippen molar-refractivity contribution in [3.8, 4) is 5.69 Å². The van der Waals surface area contributed by atoms with Crippen molar-refractivity contribution < 1.29 is 45.0 Å². The highest BCUT2D eigenvalue weighted by Gasteiger charge is 2.51. The Bertz CT molecular complexity index is 1230. The molecule has 5 atom stereocenters. The summed E-state index contributed by atoms with van der Waals surface area (Å²) in [5.74, 6) is -3.17. The molecule has 1 aliphatic rings. The SMILES string of the molecule is CC1=C(C)C(=O)C(C(O)(Cc2ccc(-n3ccnc3)cc2)C(O)C(O)C(O)C(O)C(=O)O)=C(C)C1=O. The summed E-state index contributed by atoms with van der Waals surface area (Å²) in [6.45, 7) is 4.12. The number of carbonyl (C=O) groups is 3. The first-order valence-corrected chi connectivity index (χ1v) is 11.0. The number of nitrogens with zero attached hydrogens (tertiary/aromatic N) is 2. The third kappa shape index (κ3) is 4.79. The van der Waals surface area contributed by atoms with E-state index in [0.717, 1.165) is 0 Å². The molecule has 3 rings (SSSR count). The number of rotatable bonds is 9. The summed E-state index contributed by atoms with van der Waals surface area (Å²) in [7, 11) is 0. The lowest BCUT2D eigenvalue weighted by molar-refractivity contribution is -0.176. The van der Waals surface area contributed by atoms with Crippen LogP contribution < -0.4 is 0 Å². The van der Waals surface area contributed by atoms with Crippen molar-refractivity contribution in [2.24, 2.45) is 0 Å². The zero-order chi connectivity index (χ0) is 26.9. The fourth-order valence-corrected chi connectivity index (χ4v) is 4.27. The molecule has 5 unspecified atom stereocenters. The monoisotopic (exact) mass is 500 g/mol. The number of hydrogen-bond acceptors (Lipinski definition) is 9. The highest BCUT2D eigenvalue weighted by Crippen LogP contribution is 2.37. The van der Waals surface area contributed by atoms with Crippen molar-refractivity contribution in [1.82, 2.24) is 9.55 Å². The minimum absolute atomic E-state index is 0.0299. The predicted molar refractivity (Wildman–Crippen MR) is 125 cm³/mol. The number of benzene rings is 1. The van der Waals surface area contributed by atoms with E-state index in [1.165, 1.54) is 20.8 Å². The average Bonchev–Trinajstić information content (AvgIpc) is 3.40. The van der Waals surface area contributed by atoms with Crippen LogP contribution in [-0.2, 0) is 20.8 Å². The summed E-state index contributed by atoms with van der Waals surface area (Å²) >= 11 is 0. The first-order chi connectivity index (χ1) is 16.8. The van der Waals surface area contributed by atoms with Crippen molar-refractivity contribution in [2.75, 3.05) is 0 Å². The van der Waals surface area contributed by atoms with E-state index in [0.29, 0.717) is 11.3 Å². The number of aromatic nitrogens is 2. The molecule has 11 nitrogen and oxygen atoms in total. The van der Waals surface area contributed by atoms with Crippen molar-refractivity contribution >= 4 is 17.5 Å². The number of carboxylic acids is 1. The minimum Gasteiger partial charge on any atom is -0.479 e. The Hall–Kier alpha value is -3.48. The second-order valence-electron chi connectivity index (χ2n) is 8.85.